The van der Waals surface area contributed by atoms with E-state index in [4.69, 9.17) is 62.6 Å². The highest BCUT2D eigenvalue weighted by atomic mass is 16.7. The van der Waals surface area contributed by atoms with Gasteiger partial charge in [-0.1, -0.05) is 75.2 Å². The Balaban J connectivity index is 1.32. The second kappa shape index (κ2) is 50.1. The fourth-order valence-electron chi connectivity index (χ4n) is 12.4. The Bertz CT molecular complexity index is 2080. The topological polar surface area (TPSA) is 314 Å². The van der Waals surface area contributed by atoms with Crippen molar-refractivity contribution in [1.82, 2.24) is 10.6 Å². The summed E-state index contributed by atoms with van der Waals surface area (Å²) in [5, 5.41) is 5.76. The van der Waals surface area contributed by atoms with Gasteiger partial charge in [-0.3, -0.25) is 43.2 Å². The summed E-state index contributed by atoms with van der Waals surface area (Å²) in [5.74, 6) is 1.24. The number of esters is 3. The largest absolute Gasteiger partial charge is 0.463 e. The SMILES string of the molecule is CC(=O)OCC1OC(OCCCCC(=O)CCCCCC(=O)CCOCC(N)(COCCC(=O)CCCCCC(=O)CCCCOC2OC(COC(C)=O)C(C)C(C)C2C)COCCC(=O)NCCCNC(=O)CCCCOC2OC(COC(C)=O)C(C)C(C)C2C)C(C)C(C)C1C. The van der Waals surface area contributed by atoms with E-state index in [0.29, 0.717) is 153 Å². The van der Waals surface area contributed by atoms with Gasteiger partial charge in [0.2, 0.25) is 11.8 Å². The zero-order valence-corrected chi connectivity index (χ0v) is 62.0. The van der Waals surface area contributed by atoms with Crippen molar-refractivity contribution in [1.29, 1.82) is 0 Å². The lowest BCUT2D eigenvalue weighted by atomic mass is 9.79. The van der Waals surface area contributed by atoms with Gasteiger partial charge in [-0.2, -0.15) is 0 Å². The standard InChI is InChI=1S/C74H129N3O21/c1-50-53(4)66(44-93-59(10)78)96-71(56(50)7)90-38-22-19-30-62(81)26-15-13-17-28-64(83)33-41-87-47-74(75,48-88-42-34-65(84)29-18-14-16-27-63(82)31-20-23-39-91-72-57(8)51(2)54(5)67(97-72)45-94-60(11)79)49-89-43-35-70(86)77-37-25-36-76-69(85)32-21-24-40-92-73-58(9)52(3)55(6)68(98-73)46-95-61(12)80/h50-58,66-68,71-73H,13-49,75H2,1-12H3,(H,76,85)(H,77,86). The molecule has 15 atom stereocenters. The number of amides is 2. The van der Waals surface area contributed by atoms with E-state index >= 15 is 0 Å². The number of ether oxygens (including phenoxy) is 12. The molecule has 0 spiro atoms. The van der Waals surface area contributed by atoms with E-state index in [1.54, 1.807) is 0 Å². The molecule has 0 saturated carbocycles. The summed E-state index contributed by atoms with van der Waals surface area (Å²) in [7, 11) is 0. The minimum absolute atomic E-state index is 0.00713. The Kier molecular flexibility index (Phi) is 44.9. The zero-order chi connectivity index (χ0) is 72.4. The maximum Gasteiger partial charge on any atom is 0.302 e. The van der Waals surface area contributed by atoms with Crippen LogP contribution in [-0.4, -0.2) is 188 Å². The van der Waals surface area contributed by atoms with Crippen molar-refractivity contribution in [3.8, 4) is 0 Å². The summed E-state index contributed by atoms with van der Waals surface area (Å²) in [6, 6.07) is 0. The Morgan fingerprint density at radius 1 is 0.327 bits per heavy atom. The number of carbonyl (C=O) groups is 9. The summed E-state index contributed by atoms with van der Waals surface area (Å²) in [6.07, 6.45) is 10.4. The molecule has 24 heteroatoms. The van der Waals surface area contributed by atoms with Gasteiger partial charge in [0.25, 0.3) is 0 Å². The molecule has 0 aromatic carbocycles. The molecule has 0 aromatic rings. The maximum absolute atomic E-state index is 12.9. The number of nitrogens with one attached hydrogen (secondary N) is 2. The molecule has 3 aliphatic heterocycles. The fraction of sp³-hybridized carbons (Fsp3) is 0.878. The summed E-state index contributed by atoms with van der Waals surface area (Å²) >= 11 is 0. The van der Waals surface area contributed by atoms with Crippen LogP contribution in [0.25, 0.3) is 0 Å². The van der Waals surface area contributed by atoms with Crippen LogP contribution in [0.3, 0.4) is 0 Å². The summed E-state index contributed by atoms with van der Waals surface area (Å²) in [5.41, 5.74) is 5.64. The Hall–Kier alpha value is -4.37. The molecule has 24 nitrogen and oxygen atoms in total. The van der Waals surface area contributed by atoms with E-state index in [2.05, 4.69) is 72.9 Å². The Labute approximate surface area is 586 Å². The Morgan fingerprint density at radius 2 is 0.602 bits per heavy atom. The summed E-state index contributed by atoms with van der Waals surface area (Å²) in [6.45, 7) is 26.2. The van der Waals surface area contributed by atoms with Crippen molar-refractivity contribution in [3.63, 3.8) is 0 Å². The van der Waals surface area contributed by atoms with Gasteiger partial charge in [0.1, 0.15) is 43.0 Å². The summed E-state index contributed by atoms with van der Waals surface area (Å²) in [4.78, 5) is 110. The number of unbranched alkanes of at least 4 members (excludes halogenated alkanes) is 7. The molecular formula is C74H129N3O21. The lowest BCUT2D eigenvalue weighted by Gasteiger charge is -2.43. The highest BCUT2D eigenvalue weighted by Gasteiger charge is 2.43. The van der Waals surface area contributed by atoms with Crippen molar-refractivity contribution in [3.05, 3.63) is 0 Å². The van der Waals surface area contributed by atoms with Crippen molar-refractivity contribution in [2.45, 2.75) is 273 Å². The third-order valence-corrected chi connectivity index (χ3v) is 20.2. The number of Topliss-reactive ketones (excluding diaryl/α,β-unsaturated/α-hetero) is 4. The van der Waals surface area contributed by atoms with Crippen LogP contribution < -0.4 is 16.4 Å². The van der Waals surface area contributed by atoms with Crippen LogP contribution in [0.1, 0.15) is 231 Å². The average molecular weight is 1400 g/mol. The molecule has 98 heavy (non-hydrogen) atoms. The zero-order valence-electron chi connectivity index (χ0n) is 62.0. The molecule has 2 amide bonds. The van der Waals surface area contributed by atoms with E-state index in [-0.39, 0.29) is 185 Å². The molecule has 4 N–H and O–H groups in total. The van der Waals surface area contributed by atoms with Gasteiger partial charge in [0, 0.05) is 136 Å². The molecule has 566 valence electrons. The number of hydrogen-bond donors (Lipinski definition) is 3. The molecule has 3 fully saturated rings. The minimum atomic E-state index is -1.16. The first-order chi connectivity index (χ1) is 46.7. The van der Waals surface area contributed by atoms with Crippen molar-refractivity contribution in [2.24, 2.45) is 59.0 Å². The number of nitrogens with two attached hydrogens (primary N) is 1. The molecule has 0 radical (unpaired) electrons. The van der Waals surface area contributed by atoms with Gasteiger partial charge in [-0.25, -0.2) is 0 Å². The molecule has 3 saturated heterocycles. The van der Waals surface area contributed by atoms with E-state index in [1.807, 2.05) is 0 Å². The van der Waals surface area contributed by atoms with Crippen molar-refractivity contribution in [2.75, 3.05) is 92.4 Å². The monoisotopic (exact) mass is 1400 g/mol. The maximum atomic E-state index is 12.9. The summed E-state index contributed by atoms with van der Waals surface area (Å²) < 4.78 is 70.1. The minimum Gasteiger partial charge on any atom is -0.463 e. The van der Waals surface area contributed by atoms with Crippen LogP contribution in [-0.2, 0) is 100.0 Å². The van der Waals surface area contributed by atoms with E-state index in [9.17, 15) is 43.2 Å². The fourth-order valence-corrected chi connectivity index (χ4v) is 12.4. The third-order valence-electron chi connectivity index (χ3n) is 20.2. The predicted octanol–water partition coefficient (Wildman–Crippen LogP) is 9.85. The molecule has 3 aliphatic rings. The number of hydrogen-bond acceptors (Lipinski definition) is 22. The Morgan fingerprint density at radius 3 is 0.918 bits per heavy atom. The quantitative estimate of drug-likeness (QED) is 0.0290. The van der Waals surface area contributed by atoms with Crippen LogP contribution in [0, 0.1) is 53.3 Å². The van der Waals surface area contributed by atoms with Gasteiger partial charge < -0.3 is 73.2 Å². The molecule has 0 aromatic heterocycles. The van der Waals surface area contributed by atoms with Gasteiger partial charge >= 0.3 is 17.9 Å². The second-order valence-corrected chi connectivity index (χ2v) is 28.4. The van der Waals surface area contributed by atoms with Crippen molar-refractivity contribution >= 4 is 52.9 Å². The molecule has 0 bridgehead atoms. The molecule has 3 rings (SSSR count). The third kappa shape index (κ3) is 37.0. The highest BCUT2D eigenvalue weighted by Crippen LogP contribution is 2.38. The smallest absolute Gasteiger partial charge is 0.302 e. The van der Waals surface area contributed by atoms with Gasteiger partial charge in [-0.15, -0.1) is 0 Å². The van der Waals surface area contributed by atoms with E-state index < -0.39 is 24.4 Å². The lowest BCUT2D eigenvalue weighted by molar-refractivity contribution is -0.255. The highest BCUT2D eigenvalue weighted by molar-refractivity contribution is 5.80. The van der Waals surface area contributed by atoms with Crippen molar-refractivity contribution < 1.29 is 100.0 Å². The number of ketones is 4. The predicted molar refractivity (Wildman–Crippen MR) is 368 cm³/mol. The first kappa shape index (κ1) is 87.8. The first-order valence-corrected chi connectivity index (χ1v) is 37.0. The lowest BCUT2D eigenvalue weighted by Crippen LogP contribution is -2.53. The molecule has 15 unspecified atom stereocenters. The molecule has 3 heterocycles. The second-order valence-electron chi connectivity index (χ2n) is 28.4. The normalized spacial score (nSPS) is 26.2. The van der Waals surface area contributed by atoms with Crippen LogP contribution >= 0.6 is 0 Å². The van der Waals surface area contributed by atoms with Crippen LogP contribution in [0.15, 0.2) is 0 Å². The van der Waals surface area contributed by atoms with Gasteiger partial charge in [-0.05, 0) is 106 Å². The van der Waals surface area contributed by atoms with E-state index in [1.165, 1.54) is 20.8 Å². The first-order valence-electron chi connectivity index (χ1n) is 37.0. The van der Waals surface area contributed by atoms with Crippen LogP contribution in [0.2, 0.25) is 0 Å². The molecule has 0 aliphatic carbocycles. The van der Waals surface area contributed by atoms with Gasteiger partial charge in [0.05, 0.1) is 63.5 Å². The van der Waals surface area contributed by atoms with Crippen LogP contribution in [0.4, 0.5) is 0 Å². The van der Waals surface area contributed by atoms with Crippen LogP contribution in [0.5, 0.6) is 0 Å². The molecular weight excluding hydrogens is 1270 g/mol. The van der Waals surface area contributed by atoms with E-state index in [0.717, 1.165) is 25.7 Å². The number of carbonyl (C=O) groups excluding carboxylic acids is 9. The average Bonchev–Trinajstić information content (AvgIpc) is 0.834. The van der Waals surface area contributed by atoms with Gasteiger partial charge in [0.15, 0.2) is 18.9 Å². The number of rotatable bonds is 55.